The summed E-state index contributed by atoms with van der Waals surface area (Å²) >= 11 is 0. The van der Waals surface area contributed by atoms with E-state index in [1.165, 1.54) is 0 Å². The van der Waals surface area contributed by atoms with Crippen LogP contribution >= 0.6 is 0 Å². The molecule has 4 aromatic carbocycles. The second-order valence-corrected chi connectivity index (χ2v) is 10.1. The van der Waals surface area contributed by atoms with Crippen LogP contribution in [0, 0.1) is 6.92 Å². The minimum Gasteiger partial charge on any atom is -0.272 e. The van der Waals surface area contributed by atoms with Crippen molar-refractivity contribution in [3.05, 3.63) is 138 Å². The van der Waals surface area contributed by atoms with Crippen LogP contribution in [0.4, 0.5) is 0 Å². The smallest absolute Gasteiger partial charge is 0.267 e. The average molecular weight is 454 g/mol. The molecule has 5 rings (SSSR count). The summed E-state index contributed by atoms with van der Waals surface area (Å²) in [5.41, 5.74) is 2.10. The first-order valence-electron chi connectivity index (χ1n) is 10.8. The number of aryl methyl sites for hydroxylation is 1. The van der Waals surface area contributed by atoms with Crippen LogP contribution in [0.5, 0.6) is 0 Å². The monoisotopic (exact) mass is 453 g/mol. The molecule has 5 heteroatoms. The SMILES string of the molecule is Cc1ccc(S(=O)(=O)N2C(=O)C(c3ccccc3)(c3ccccc3)[C@@H]2c2ccccc2)cc1. The Bertz CT molecular complexity index is 1340. The van der Waals surface area contributed by atoms with Crippen molar-refractivity contribution in [2.75, 3.05) is 0 Å². The van der Waals surface area contributed by atoms with Gasteiger partial charge in [0.1, 0.15) is 5.41 Å². The van der Waals surface area contributed by atoms with Gasteiger partial charge in [-0.2, -0.15) is 0 Å². The van der Waals surface area contributed by atoms with Crippen LogP contribution in [0.15, 0.2) is 120 Å². The summed E-state index contributed by atoms with van der Waals surface area (Å²) < 4.78 is 28.6. The molecule has 4 aromatic rings. The summed E-state index contributed by atoms with van der Waals surface area (Å²) in [6.07, 6.45) is 0. The van der Waals surface area contributed by atoms with E-state index in [4.69, 9.17) is 0 Å². The maximum absolute atomic E-state index is 14.1. The van der Waals surface area contributed by atoms with Gasteiger partial charge in [-0.3, -0.25) is 4.79 Å². The van der Waals surface area contributed by atoms with E-state index in [9.17, 15) is 13.2 Å². The molecule has 1 amide bonds. The first-order valence-corrected chi connectivity index (χ1v) is 12.2. The standard InChI is InChI=1S/C28H23NO3S/c1-21-17-19-25(20-18-21)33(31,32)29-26(22-11-5-2-6-12-22)28(27(29)30,23-13-7-3-8-14-23)24-15-9-4-10-16-24/h2-20,26H,1H3/t26-/m0/s1. The highest BCUT2D eigenvalue weighted by atomic mass is 32.2. The van der Waals surface area contributed by atoms with Gasteiger partial charge < -0.3 is 0 Å². The molecule has 0 bridgehead atoms. The van der Waals surface area contributed by atoms with E-state index in [2.05, 4.69) is 0 Å². The van der Waals surface area contributed by atoms with Crippen LogP contribution in [0.1, 0.15) is 28.3 Å². The number of nitrogens with zero attached hydrogens (tertiary/aromatic N) is 1. The van der Waals surface area contributed by atoms with Crippen LogP contribution in [0.3, 0.4) is 0 Å². The van der Waals surface area contributed by atoms with Crippen LogP contribution in [0.2, 0.25) is 0 Å². The molecule has 0 aliphatic carbocycles. The molecule has 0 radical (unpaired) electrons. The van der Waals surface area contributed by atoms with Gasteiger partial charge in [0.2, 0.25) is 0 Å². The Hall–Kier alpha value is -3.70. The summed E-state index contributed by atoms with van der Waals surface area (Å²) in [6.45, 7) is 1.90. The molecule has 1 fully saturated rings. The van der Waals surface area contributed by atoms with Crippen LogP contribution in [-0.2, 0) is 20.2 Å². The summed E-state index contributed by atoms with van der Waals surface area (Å²) in [6, 6.07) is 34.2. The molecule has 0 spiro atoms. The molecule has 164 valence electrons. The summed E-state index contributed by atoms with van der Waals surface area (Å²) in [5.74, 6) is -0.450. The molecule has 0 unspecified atom stereocenters. The summed E-state index contributed by atoms with van der Waals surface area (Å²) in [7, 11) is -4.07. The topological polar surface area (TPSA) is 54.5 Å². The normalized spacial score (nSPS) is 17.4. The zero-order chi connectivity index (χ0) is 23.1. The number of β-lactam (4-membered cyclic amide) rings is 1. The van der Waals surface area contributed by atoms with Crippen molar-refractivity contribution in [2.45, 2.75) is 23.3 Å². The van der Waals surface area contributed by atoms with E-state index < -0.39 is 27.4 Å². The molecule has 1 aliphatic heterocycles. The average Bonchev–Trinajstić information content (AvgIpc) is 2.85. The third kappa shape index (κ3) is 3.19. The minimum absolute atomic E-state index is 0.108. The van der Waals surface area contributed by atoms with Crippen LogP contribution in [-0.4, -0.2) is 18.6 Å². The Morgan fingerprint density at radius 1 is 0.667 bits per heavy atom. The van der Waals surface area contributed by atoms with Gasteiger partial charge in [0.05, 0.1) is 10.9 Å². The van der Waals surface area contributed by atoms with Crippen molar-refractivity contribution in [3.63, 3.8) is 0 Å². The number of rotatable bonds is 5. The second kappa shape index (κ2) is 8.01. The maximum atomic E-state index is 14.1. The first-order chi connectivity index (χ1) is 16.0. The zero-order valence-electron chi connectivity index (χ0n) is 18.1. The highest BCUT2D eigenvalue weighted by Gasteiger charge is 2.66. The highest BCUT2D eigenvalue weighted by molar-refractivity contribution is 7.89. The number of benzene rings is 4. The van der Waals surface area contributed by atoms with Gasteiger partial charge in [0.25, 0.3) is 15.9 Å². The van der Waals surface area contributed by atoms with E-state index >= 15 is 0 Å². The fourth-order valence-electron chi connectivity index (χ4n) is 4.74. The summed E-state index contributed by atoms with van der Waals surface area (Å²) in [4.78, 5) is 14.2. The van der Waals surface area contributed by atoms with Crippen LogP contribution in [0.25, 0.3) is 0 Å². The van der Waals surface area contributed by atoms with E-state index in [1.807, 2.05) is 97.9 Å². The number of carbonyl (C=O) groups is 1. The van der Waals surface area contributed by atoms with Gasteiger partial charge in [0.15, 0.2) is 0 Å². The Morgan fingerprint density at radius 2 is 1.12 bits per heavy atom. The number of carbonyl (C=O) groups excluding carboxylic acids is 1. The second-order valence-electron chi connectivity index (χ2n) is 8.27. The van der Waals surface area contributed by atoms with Crippen molar-refractivity contribution >= 4 is 15.9 Å². The van der Waals surface area contributed by atoms with Crippen molar-refractivity contribution < 1.29 is 13.2 Å². The van der Waals surface area contributed by atoms with E-state index in [1.54, 1.807) is 24.3 Å². The van der Waals surface area contributed by atoms with Gasteiger partial charge in [0, 0.05) is 0 Å². The Morgan fingerprint density at radius 3 is 1.61 bits per heavy atom. The molecule has 0 saturated carbocycles. The lowest BCUT2D eigenvalue weighted by atomic mass is 9.61. The fraction of sp³-hybridized carbons (Fsp3) is 0.107. The molecule has 0 aromatic heterocycles. The number of hydrogen-bond donors (Lipinski definition) is 0. The van der Waals surface area contributed by atoms with Gasteiger partial charge >= 0.3 is 0 Å². The molecule has 1 heterocycles. The molecule has 0 N–H and O–H groups in total. The zero-order valence-corrected chi connectivity index (χ0v) is 18.9. The van der Waals surface area contributed by atoms with E-state index in [0.717, 1.165) is 26.6 Å². The summed E-state index contributed by atoms with van der Waals surface area (Å²) in [5, 5.41) is 0. The van der Waals surface area contributed by atoms with E-state index in [0.29, 0.717) is 0 Å². The molecule has 1 aliphatic rings. The minimum atomic E-state index is -4.07. The van der Waals surface area contributed by atoms with Gasteiger partial charge in [-0.05, 0) is 35.7 Å². The third-order valence-electron chi connectivity index (χ3n) is 6.33. The lowest BCUT2D eigenvalue weighted by molar-refractivity contribution is -0.147. The number of hydrogen-bond acceptors (Lipinski definition) is 3. The molecule has 1 saturated heterocycles. The Labute approximate surface area is 194 Å². The Balaban J connectivity index is 1.77. The van der Waals surface area contributed by atoms with E-state index in [-0.39, 0.29) is 4.90 Å². The fourth-order valence-corrected chi connectivity index (χ4v) is 6.37. The quantitative estimate of drug-likeness (QED) is 0.388. The highest BCUT2D eigenvalue weighted by Crippen LogP contribution is 2.57. The largest absolute Gasteiger partial charge is 0.272 e. The number of sulfonamides is 1. The maximum Gasteiger partial charge on any atom is 0.267 e. The molecular weight excluding hydrogens is 430 g/mol. The van der Waals surface area contributed by atoms with Gasteiger partial charge in [-0.25, -0.2) is 12.7 Å². The van der Waals surface area contributed by atoms with Gasteiger partial charge in [-0.1, -0.05) is 109 Å². The van der Waals surface area contributed by atoms with Gasteiger partial charge in [-0.15, -0.1) is 0 Å². The molecular formula is C28H23NO3S. The number of amides is 1. The predicted molar refractivity (Wildman–Crippen MR) is 128 cm³/mol. The molecule has 4 nitrogen and oxygen atoms in total. The van der Waals surface area contributed by atoms with Crippen molar-refractivity contribution in [1.82, 2.24) is 4.31 Å². The Kier molecular flexibility index (Phi) is 5.14. The van der Waals surface area contributed by atoms with Crippen molar-refractivity contribution in [1.29, 1.82) is 0 Å². The molecule has 33 heavy (non-hydrogen) atoms. The predicted octanol–water partition coefficient (Wildman–Crippen LogP) is 5.25. The lowest BCUT2D eigenvalue weighted by Crippen LogP contribution is -2.68. The lowest BCUT2D eigenvalue weighted by Gasteiger charge is -2.55. The first kappa shape index (κ1) is 21.2. The van der Waals surface area contributed by atoms with Crippen LogP contribution < -0.4 is 0 Å². The van der Waals surface area contributed by atoms with Crippen molar-refractivity contribution in [2.24, 2.45) is 0 Å². The third-order valence-corrected chi connectivity index (χ3v) is 8.10. The van der Waals surface area contributed by atoms with Crippen molar-refractivity contribution in [3.8, 4) is 0 Å². The molecule has 1 atom stereocenters.